The van der Waals surface area contributed by atoms with Crippen LogP contribution in [0.1, 0.15) is 6.42 Å². The number of hydroxylamine groups is 2. The molecule has 52 valence electrons. The summed E-state index contributed by atoms with van der Waals surface area (Å²) in [7, 11) is 0. The lowest BCUT2D eigenvalue weighted by Crippen LogP contribution is -2.24. The number of carbonyl (C=O) groups is 2. The molecule has 10 heavy (non-hydrogen) atoms. The molecule has 2 amide bonds. The molecule has 5 nitrogen and oxygen atoms in total. The molecule has 0 aromatic heterocycles. The Morgan fingerprint density at radius 3 is 2.30 bits per heavy atom. The molecule has 5 heteroatoms. The molecule has 1 fully saturated rings. The van der Waals surface area contributed by atoms with Gasteiger partial charge in [-0.25, -0.2) is 4.79 Å². The van der Waals surface area contributed by atoms with Crippen molar-refractivity contribution in [1.29, 1.82) is 0 Å². The Bertz CT molecular complexity index is 250. The van der Waals surface area contributed by atoms with Crippen molar-refractivity contribution in [2.45, 2.75) is 6.42 Å². The highest BCUT2D eigenvalue weighted by molar-refractivity contribution is 6.16. The van der Waals surface area contributed by atoms with Gasteiger partial charge < -0.3 is 0 Å². The highest BCUT2D eigenvalue weighted by atomic mass is 16.5. The molecule has 0 bridgehead atoms. The minimum atomic E-state index is -0.972. The summed E-state index contributed by atoms with van der Waals surface area (Å²) in [5.41, 5.74) is -0.326. The topological polar surface area (TPSA) is 74.7 Å². The van der Waals surface area contributed by atoms with Crippen LogP contribution in [-0.2, 0) is 14.4 Å². The molecular formula is C5H3NO4. The lowest BCUT2D eigenvalue weighted by atomic mass is 10.3. The van der Waals surface area contributed by atoms with E-state index in [1.807, 2.05) is 0 Å². The van der Waals surface area contributed by atoms with E-state index in [2.05, 4.69) is 0 Å². The molecular weight excluding hydrogens is 138 g/mol. The summed E-state index contributed by atoms with van der Waals surface area (Å²) < 4.78 is 0. The molecule has 0 radical (unpaired) electrons. The van der Waals surface area contributed by atoms with Gasteiger partial charge in [-0.2, -0.15) is 5.06 Å². The van der Waals surface area contributed by atoms with Crippen molar-refractivity contribution in [2.24, 2.45) is 0 Å². The van der Waals surface area contributed by atoms with Crippen molar-refractivity contribution in [3.8, 4) is 0 Å². The van der Waals surface area contributed by atoms with Crippen molar-refractivity contribution >= 4 is 17.8 Å². The smallest absolute Gasteiger partial charge is 0.278 e. The summed E-state index contributed by atoms with van der Waals surface area (Å²) in [6.07, 6.45) is -0.348. The minimum Gasteiger partial charge on any atom is -0.278 e. The van der Waals surface area contributed by atoms with Gasteiger partial charge in [-0.15, -0.1) is 0 Å². The quantitative estimate of drug-likeness (QED) is 0.201. The van der Waals surface area contributed by atoms with Crippen LogP contribution in [0.3, 0.4) is 0 Å². The van der Waals surface area contributed by atoms with Crippen LogP contribution in [0.5, 0.6) is 0 Å². The van der Waals surface area contributed by atoms with Gasteiger partial charge in [-0.05, 0) is 0 Å². The lowest BCUT2D eigenvalue weighted by Gasteiger charge is -1.98. The van der Waals surface area contributed by atoms with Gasteiger partial charge >= 0.3 is 0 Å². The summed E-state index contributed by atoms with van der Waals surface area (Å²) >= 11 is 0. The molecule has 0 saturated carbocycles. The summed E-state index contributed by atoms with van der Waals surface area (Å²) in [5, 5.41) is 8.42. The first-order valence-corrected chi connectivity index (χ1v) is 2.47. The Kier molecular flexibility index (Phi) is 1.37. The normalized spacial score (nSPS) is 18.1. The molecule has 1 aliphatic heterocycles. The van der Waals surface area contributed by atoms with Gasteiger partial charge in [0.05, 0.1) is 6.42 Å². The van der Waals surface area contributed by atoms with Gasteiger partial charge in [0.25, 0.3) is 11.8 Å². The Morgan fingerprint density at radius 2 is 2.10 bits per heavy atom. The average Bonchev–Trinajstić information content (AvgIpc) is 2.17. The number of hydrogen-bond acceptors (Lipinski definition) is 4. The fourth-order valence-electron chi connectivity index (χ4n) is 0.623. The summed E-state index contributed by atoms with van der Waals surface area (Å²) in [4.78, 5) is 30.7. The number of hydrogen-bond donors (Lipinski definition) is 1. The van der Waals surface area contributed by atoms with Gasteiger partial charge in [-0.3, -0.25) is 14.8 Å². The summed E-state index contributed by atoms with van der Waals surface area (Å²) in [5.74, 6) is -0.492. The van der Waals surface area contributed by atoms with Gasteiger partial charge in [0.2, 0.25) is 0 Å². The van der Waals surface area contributed by atoms with Crippen LogP contribution in [-0.4, -0.2) is 28.0 Å². The van der Waals surface area contributed by atoms with Gasteiger partial charge in [0.15, 0.2) is 0 Å². The highest BCUT2D eigenvalue weighted by Crippen LogP contribution is 2.12. The van der Waals surface area contributed by atoms with E-state index in [9.17, 15) is 14.4 Å². The number of amides is 2. The Morgan fingerprint density at radius 1 is 1.50 bits per heavy atom. The lowest BCUT2D eigenvalue weighted by molar-refractivity contribution is -0.170. The predicted octanol–water partition coefficient (Wildman–Crippen LogP) is -1.11. The number of rotatable bonds is 0. The molecule has 0 atom stereocenters. The Hall–Kier alpha value is -1.45. The van der Waals surface area contributed by atoms with E-state index in [4.69, 9.17) is 5.21 Å². The fraction of sp³-hybridized carbons (Fsp3) is 0.200. The molecule has 0 aliphatic carbocycles. The first kappa shape index (κ1) is 6.67. The van der Waals surface area contributed by atoms with Gasteiger partial charge in [-0.1, -0.05) is 0 Å². The van der Waals surface area contributed by atoms with E-state index in [-0.39, 0.29) is 17.1 Å². The third-order valence-corrected chi connectivity index (χ3v) is 1.14. The van der Waals surface area contributed by atoms with Crippen molar-refractivity contribution in [3.05, 3.63) is 5.57 Å². The largest absolute Gasteiger partial charge is 0.292 e. The van der Waals surface area contributed by atoms with E-state index in [1.165, 1.54) is 5.94 Å². The van der Waals surface area contributed by atoms with Crippen LogP contribution in [0.15, 0.2) is 5.57 Å². The van der Waals surface area contributed by atoms with Crippen LogP contribution >= 0.6 is 0 Å². The SMILES string of the molecule is O=C=C1CC(=O)N(O)C1=O. The van der Waals surface area contributed by atoms with Crippen LogP contribution in [0.2, 0.25) is 0 Å². The van der Waals surface area contributed by atoms with Crippen LogP contribution in [0, 0.1) is 0 Å². The molecule has 0 aromatic carbocycles. The van der Waals surface area contributed by atoms with Crippen LogP contribution < -0.4 is 0 Å². The Labute approximate surface area is 55.5 Å². The maximum atomic E-state index is 10.5. The molecule has 0 spiro atoms. The third-order valence-electron chi connectivity index (χ3n) is 1.14. The molecule has 0 unspecified atom stereocenters. The van der Waals surface area contributed by atoms with Crippen LogP contribution in [0.4, 0.5) is 0 Å². The zero-order chi connectivity index (χ0) is 7.72. The standard InChI is InChI=1S/C5H3NO4/c7-2-3-1-4(8)6(10)5(3)9/h10H,1H2. The van der Waals surface area contributed by atoms with Crippen LogP contribution in [0.25, 0.3) is 0 Å². The van der Waals surface area contributed by atoms with E-state index >= 15 is 0 Å². The third kappa shape index (κ3) is 0.737. The molecule has 1 aliphatic rings. The molecule has 1 heterocycles. The van der Waals surface area contributed by atoms with Crippen molar-refractivity contribution < 1.29 is 19.6 Å². The van der Waals surface area contributed by atoms with Crippen molar-refractivity contribution in [2.75, 3.05) is 0 Å². The number of carbonyl (C=O) groups excluding carboxylic acids is 3. The van der Waals surface area contributed by atoms with E-state index in [0.29, 0.717) is 0 Å². The van der Waals surface area contributed by atoms with Crippen molar-refractivity contribution in [3.63, 3.8) is 0 Å². The fourth-order valence-corrected chi connectivity index (χ4v) is 0.623. The molecule has 1 rings (SSSR count). The number of nitrogens with zero attached hydrogens (tertiary/aromatic N) is 1. The van der Waals surface area contributed by atoms with E-state index < -0.39 is 11.8 Å². The van der Waals surface area contributed by atoms with E-state index in [1.54, 1.807) is 0 Å². The highest BCUT2D eigenvalue weighted by Gasteiger charge is 2.33. The average molecular weight is 141 g/mol. The molecule has 1 N–H and O–H groups in total. The second-order valence-electron chi connectivity index (χ2n) is 1.77. The van der Waals surface area contributed by atoms with E-state index in [0.717, 1.165) is 0 Å². The Balaban J connectivity index is 3.03. The van der Waals surface area contributed by atoms with Gasteiger partial charge in [0, 0.05) is 0 Å². The number of imide groups is 1. The minimum absolute atomic E-state index is 0.0831. The zero-order valence-corrected chi connectivity index (χ0v) is 4.83. The summed E-state index contributed by atoms with van der Waals surface area (Å²) in [6, 6.07) is 0. The van der Waals surface area contributed by atoms with Gasteiger partial charge in [0.1, 0.15) is 11.5 Å². The second kappa shape index (κ2) is 2.06. The zero-order valence-electron chi connectivity index (χ0n) is 4.83. The second-order valence-corrected chi connectivity index (χ2v) is 1.77. The molecule has 1 saturated heterocycles. The maximum Gasteiger partial charge on any atom is 0.292 e. The first-order chi connectivity index (χ1) is 4.66. The first-order valence-electron chi connectivity index (χ1n) is 2.47. The maximum absolute atomic E-state index is 10.5. The predicted molar refractivity (Wildman–Crippen MR) is 27.5 cm³/mol. The molecule has 0 aromatic rings. The summed E-state index contributed by atoms with van der Waals surface area (Å²) in [6.45, 7) is 0. The monoisotopic (exact) mass is 141 g/mol. The van der Waals surface area contributed by atoms with Crippen molar-refractivity contribution in [1.82, 2.24) is 5.06 Å².